The standard InChI is InChI=1S/C25H21N3/c1-2-24-15-23(18-28(24)17-20-7-5-6-19(14-20)16-26)21-9-11-22(12-10-21)25-8-3-4-13-27-25/h3-15,18H,2,17H2,1H3. The third kappa shape index (κ3) is 3.72. The van der Waals surface area contributed by atoms with Crippen LogP contribution in [0.5, 0.6) is 0 Å². The number of hydrogen-bond donors (Lipinski definition) is 0. The quantitative estimate of drug-likeness (QED) is 0.456. The number of aromatic nitrogens is 2. The predicted octanol–water partition coefficient (Wildman–Crippen LogP) is 5.70. The van der Waals surface area contributed by atoms with E-state index < -0.39 is 0 Å². The summed E-state index contributed by atoms with van der Waals surface area (Å²) in [6, 6.07) is 26.8. The van der Waals surface area contributed by atoms with Gasteiger partial charge in [0, 0.05) is 30.2 Å². The van der Waals surface area contributed by atoms with Crippen LogP contribution in [-0.2, 0) is 13.0 Å². The van der Waals surface area contributed by atoms with Gasteiger partial charge in [0.05, 0.1) is 17.3 Å². The second-order valence-corrected chi connectivity index (χ2v) is 6.81. The van der Waals surface area contributed by atoms with Gasteiger partial charge in [-0.2, -0.15) is 5.26 Å². The summed E-state index contributed by atoms with van der Waals surface area (Å²) in [5, 5.41) is 9.13. The van der Waals surface area contributed by atoms with Crippen molar-refractivity contribution in [1.82, 2.24) is 9.55 Å². The Labute approximate surface area is 165 Å². The molecule has 0 radical (unpaired) electrons. The van der Waals surface area contributed by atoms with E-state index in [1.165, 1.54) is 16.8 Å². The van der Waals surface area contributed by atoms with Crippen LogP contribution < -0.4 is 0 Å². The molecule has 0 unspecified atom stereocenters. The second-order valence-electron chi connectivity index (χ2n) is 6.81. The summed E-state index contributed by atoms with van der Waals surface area (Å²) in [6.45, 7) is 2.94. The van der Waals surface area contributed by atoms with E-state index in [0.717, 1.165) is 29.8 Å². The van der Waals surface area contributed by atoms with Crippen LogP contribution in [0.3, 0.4) is 0 Å². The highest BCUT2D eigenvalue weighted by Gasteiger charge is 2.08. The molecule has 0 spiro atoms. The first-order valence-corrected chi connectivity index (χ1v) is 9.47. The highest BCUT2D eigenvalue weighted by atomic mass is 15.0. The van der Waals surface area contributed by atoms with Gasteiger partial charge in [-0.15, -0.1) is 0 Å². The van der Waals surface area contributed by atoms with Crippen molar-refractivity contribution in [3.63, 3.8) is 0 Å². The summed E-state index contributed by atoms with van der Waals surface area (Å²) >= 11 is 0. The molecule has 0 N–H and O–H groups in total. The third-order valence-corrected chi connectivity index (χ3v) is 4.94. The number of nitrogens with zero attached hydrogens (tertiary/aromatic N) is 3. The smallest absolute Gasteiger partial charge is 0.0991 e. The lowest BCUT2D eigenvalue weighted by atomic mass is 10.0. The van der Waals surface area contributed by atoms with Gasteiger partial charge in [-0.3, -0.25) is 4.98 Å². The summed E-state index contributed by atoms with van der Waals surface area (Å²) in [5.41, 5.74) is 7.63. The van der Waals surface area contributed by atoms with Crippen molar-refractivity contribution in [3.8, 4) is 28.5 Å². The van der Waals surface area contributed by atoms with E-state index in [2.05, 4.69) is 65.1 Å². The number of hydrogen-bond acceptors (Lipinski definition) is 2. The lowest BCUT2D eigenvalue weighted by molar-refractivity contribution is 0.751. The number of nitriles is 1. The third-order valence-electron chi connectivity index (χ3n) is 4.94. The molecule has 3 nitrogen and oxygen atoms in total. The summed E-state index contributed by atoms with van der Waals surface area (Å²) in [6.07, 6.45) is 4.98. The number of aryl methyl sites for hydroxylation is 1. The molecule has 0 bridgehead atoms. The van der Waals surface area contributed by atoms with E-state index in [1.807, 2.05) is 42.6 Å². The Bertz CT molecular complexity index is 1120. The van der Waals surface area contributed by atoms with Gasteiger partial charge in [0.15, 0.2) is 0 Å². The lowest BCUT2D eigenvalue weighted by Gasteiger charge is -2.08. The fraction of sp³-hybridized carbons (Fsp3) is 0.120. The molecule has 136 valence electrons. The largest absolute Gasteiger partial charge is 0.346 e. The van der Waals surface area contributed by atoms with Crippen molar-refractivity contribution < 1.29 is 0 Å². The molecule has 4 aromatic rings. The summed E-state index contributed by atoms with van der Waals surface area (Å²) in [5.74, 6) is 0. The van der Waals surface area contributed by atoms with Crippen LogP contribution in [0.2, 0.25) is 0 Å². The highest BCUT2D eigenvalue weighted by molar-refractivity contribution is 5.69. The molecule has 3 heteroatoms. The zero-order chi connectivity index (χ0) is 19.3. The van der Waals surface area contributed by atoms with Crippen LogP contribution in [0.1, 0.15) is 23.7 Å². The van der Waals surface area contributed by atoms with Crippen LogP contribution in [0.25, 0.3) is 22.4 Å². The Balaban J connectivity index is 1.61. The van der Waals surface area contributed by atoms with Crippen molar-refractivity contribution in [3.05, 3.63) is 102 Å². The van der Waals surface area contributed by atoms with Crippen LogP contribution >= 0.6 is 0 Å². The minimum Gasteiger partial charge on any atom is -0.346 e. The molecule has 0 saturated carbocycles. The molecule has 0 aliphatic heterocycles. The van der Waals surface area contributed by atoms with Crippen molar-refractivity contribution >= 4 is 0 Å². The minimum absolute atomic E-state index is 0.702. The molecule has 2 heterocycles. The van der Waals surface area contributed by atoms with Crippen molar-refractivity contribution in [2.75, 3.05) is 0 Å². The van der Waals surface area contributed by atoms with Crippen LogP contribution in [0, 0.1) is 11.3 Å². The molecule has 0 aliphatic rings. The van der Waals surface area contributed by atoms with Gasteiger partial charge in [0.2, 0.25) is 0 Å². The first kappa shape index (κ1) is 17.8. The molecular weight excluding hydrogens is 342 g/mol. The van der Waals surface area contributed by atoms with E-state index in [1.54, 1.807) is 0 Å². The average Bonchev–Trinajstić information content (AvgIpc) is 3.17. The number of pyridine rings is 1. The van der Waals surface area contributed by atoms with E-state index in [9.17, 15) is 0 Å². The maximum atomic E-state index is 9.13. The summed E-state index contributed by atoms with van der Waals surface area (Å²) in [4.78, 5) is 4.42. The van der Waals surface area contributed by atoms with Crippen molar-refractivity contribution in [1.29, 1.82) is 5.26 Å². The van der Waals surface area contributed by atoms with Gasteiger partial charge in [-0.1, -0.05) is 49.4 Å². The van der Waals surface area contributed by atoms with Crippen LogP contribution in [0.15, 0.2) is 85.2 Å². The predicted molar refractivity (Wildman–Crippen MR) is 113 cm³/mol. The van der Waals surface area contributed by atoms with Gasteiger partial charge < -0.3 is 4.57 Å². The first-order valence-electron chi connectivity index (χ1n) is 9.47. The van der Waals surface area contributed by atoms with Gasteiger partial charge in [-0.05, 0) is 53.4 Å². The summed E-state index contributed by atoms with van der Waals surface area (Å²) in [7, 11) is 0. The fourth-order valence-electron chi connectivity index (χ4n) is 3.46. The number of benzene rings is 2. The van der Waals surface area contributed by atoms with Crippen LogP contribution in [0.4, 0.5) is 0 Å². The first-order chi connectivity index (χ1) is 13.8. The van der Waals surface area contributed by atoms with E-state index in [-0.39, 0.29) is 0 Å². The lowest BCUT2D eigenvalue weighted by Crippen LogP contribution is -2.02. The fourth-order valence-corrected chi connectivity index (χ4v) is 3.46. The number of rotatable bonds is 5. The monoisotopic (exact) mass is 363 g/mol. The van der Waals surface area contributed by atoms with Crippen molar-refractivity contribution in [2.45, 2.75) is 19.9 Å². The molecule has 0 fully saturated rings. The average molecular weight is 363 g/mol. The molecule has 0 atom stereocenters. The molecule has 28 heavy (non-hydrogen) atoms. The molecule has 2 aromatic carbocycles. The second kappa shape index (κ2) is 7.94. The molecule has 4 rings (SSSR count). The van der Waals surface area contributed by atoms with Gasteiger partial charge in [0.1, 0.15) is 0 Å². The molecule has 2 aromatic heterocycles. The van der Waals surface area contributed by atoms with Gasteiger partial charge in [0.25, 0.3) is 0 Å². The minimum atomic E-state index is 0.702. The van der Waals surface area contributed by atoms with Crippen molar-refractivity contribution in [2.24, 2.45) is 0 Å². The van der Waals surface area contributed by atoms with E-state index in [0.29, 0.717) is 5.56 Å². The van der Waals surface area contributed by atoms with Gasteiger partial charge >= 0.3 is 0 Å². The SMILES string of the molecule is CCc1cc(-c2ccc(-c3ccccn3)cc2)cn1Cc1cccc(C#N)c1. The maximum absolute atomic E-state index is 9.13. The Kier molecular flexibility index (Phi) is 5.03. The summed E-state index contributed by atoms with van der Waals surface area (Å²) < 4.78 is 2.28. The van der Waals surface area contributed by atoms with E-state index >= 15 is 0 Å². The van der Waals surface area contributed by atoms with Gasteiger partial charge in [-0.25, -0.2) is 0 Å². The Morgan fingerprint density at radius 2 is 1.71 bits per heavy atom. The zero-order valence-electron chi connectivity index (χ0n) is 15.8. The van der Waals surface area contributed by atoms with Crippen LogP contribution in [-0.4, -0.2) is 9.55 Å². The molecule has 0 saturated heterocycles. The Hall–Kier alpha value is -3.64. The topological polar surface area (TPSA) is 41.6 Å². The van der Waals surface area contributed by atoms with E-state index in [4.69, 9.17) is 5.26 Å². The maximum Gasteiger partial charge on any atom is 0.0991 e. The molecular formula is C25H21N3. The molecule has 0 aliphatic carbocycles. The Morgan fingerprint density at radius 1 is 0.893 bits per heavy atom. The molecule has 0 amide bonds. The Morgan fingerprint density at radius 3 is 2.43 bits per heavy atom. The zero-order valence-corrected chi connectivity index (χ0v) is 15.8. The highest BCUT2D eigenvalue weighted by Crippen LogP contribution is 2.26. The normalized spacial score (nSPS) is 10.6.